The van der Waals surface area contributed by atoms with Gasteiger partial charge in [-0.05, 0) is 6.07 Å². The van der Waals surface area contributed by atoms with Crippen LogP contribution in [0.15, 0.2) is 18.2 Å². The second kappa shape index (κ2) is 6.31. The summed E-state index contributed by atoms with van der Waals surface area (Å²) in [5, 5.41) is 2.45. The summed E-state index contributed by atoms with van der Waals surface area (Å²) >= 11 is 0. The zero-order valence-electron chi connectivity index (χ0n) is 9.37. The number of hydrogen-bond donors (Lipinski definition) is 1. The number of amides is 2. The Labute approximate surface area is 105 Å². The first-order chi connectivity index (χ1) is 7.04. The van der Waals surface area contributed by atoms with E-state index in [2.05, 4.69) is 5.32 Å². The molecule has 6 heteroatoms. The van der Waals surface area contributed by atoms with E-state index in [9.17, 15) is 14.0 Å². The van der Waals surface area contributed by atoms with E-state index in [1.807, 2.05) is 0 Å². The second-order valence-corrected chi connectivity index (χ2v) is 3.12. The van der Waals surface area contributed by atoms with E-state index in [0.29, 0.717) is 0 Å². The van der Waals surface area contributed by atoms with Crippen LogP contribution in [0.25, 0.3) is 0 Å². The maximum Gasteiger partial charge on any atom is 1.00 e. The molecular formula is C10H10FLiN2O2. The molecule has 16 heavy (non-hydrogen) atoms. The number of nitrogens with one attached hydrogen (secondary N) is 1. The minimum absolute atomic E-state index is 0. The Balaban J connectivity index is 0.00000225. The van der Waals surface area contributed by atoms with Crippen LogP contribution in [0.1, 0.15) is 5.56 Å². The van der Waals surface area contributed by atoms with Gasteiger partial charge in [0.2, 0.25) is 0 Å². The fraction of sp³-hybridized carbons (Fsp3) is 0.200. The molecule has 1 aromatic carbocycles. The predicted molar refractivity (Wildman–Crippen MR) is 53.9 cm³/mol. The van der Waals surface area contributed by atoms with E-state index in [4.69, 9.17) is 0 Å². The monoisotopic (exact) mass is 216 g/mol. The van der Waals surface area contributed by atoms with Crippen molar-refractivity contribution in [2.45, 2.75) is 0 Å². The number of hydrogen-bond acceptors (Lipinski definition) is 2. The molecule has 0 spiro atoms. The zero-order valence-corrected chi connectivity index (χ0v) is 9.37. The molecule has 0 aliphatic rings. The van der Waals surface area contributed by atoms with Crippen LogP contribution in [0.3, 0.4) is 0 Å². The van der Waals surface area contributed by atoms with Crippen molar-refractivity contribution in [3.05, 3.63) is 29.6 Å². The molecule has 4 nitrogen and oxygen atoms in total. The molecule has 1 N–H and O–H groups in total. The fourth-order valence-electron chi connectivity index (χ4n) is 0.937. The molecule has 0 aliphatic carbocycles. The van der Waals surface area contributed by atoms with Crippen molar-refractivity contribution in [3.63, 3.8) is 0 Å². The van der Waals surface area contributed by atoms with Gasteiger partial charge in [-0.2, -0.15) is 0 Å². The minimum Gasteiger partial charge on any atom is -0.376 e. The number of anilines is 1. The molecule has 0 heterocycles. The van der Waals surface area contributed by atoms with Gasteiger partial charge >= 0.3 is 24.9 Å². The Kier molecular flexibility index (Phi) is 5.79. The van der Waals surface area contributed by atoms with Crippen molar-refractivity contribution in [1.29, 1.82) is 0 Å². The van der Waals surface area contributed by atoms with Crippen LogP contribution in [0.2, 0.25) is 0 Å². The molecule has 0 unspecified atom stereocenters. The molecule has 0 aliphatic heterocycles. The van der Waals surface area contributed by atoms with Gasteiger partial charge in [0, 0.05) is 14.1 Å². The maximum absolute atomic E-state index is 12.7. The van der Waals surface area contributed by atoms with Crippen molar-refractivity contribution in [1.82, 2.24) is 4.90 Å². The van der Waals surface area contributed by atoms with Gasteiger partial charge in [0.15, 0.2) is 0 Å². The quantitative estimate of drug-likeness (QED) is 0.477. The molecule has 2 amide bonds. The summed E-state index contributed by atoms with van der Waals surface area (Å²) < 4.78 is 12.7. The van der Waals surface area contributed by atoms with Crippen molar-refractivity contribution in [2.24, 2.45) is 0 Å². The number of rotatable bonds is 2. The molecule has 0 saturated carbocycles. The Hall–Kier alpha value is -1.31. The zero-order chi connectivity index (χ0) is 11.4. The van der Waals surface area contributed by atoms with Gasteiger partial charge in [0.25, 0.3) is 0 Å². The largest absolute Gasteiger partial charge is 1.00 e. The van der Waals surface area contributed by atoms with Crippen LogP contribution >= 0.6 is 0 Å². The standard InChI is InChI=1S/C10H10FN2O2.Li/c1-13(2)10(15)12-9-4-3-8(11)5-7(9)6-14;/h3-5H,1-2H3,(H,12,15);/q-1;+1. The summed E-state index contributed by atoms with van der Waals surface area (Å²) in [6, 6.07) is 3.10. The van der Waals surface area contributed by atoms with Crippen LogP contribution < -0.4 is 24.2 Å². The van der Waals surface area contributed by atoms with Gasteiger partial charge in [0.05, 0.1) is 12.1 Å². The van der Waals surface area contributed by atoms with Gasteiger partial charge in [-0.15, -0.1) is 11.6 Å². The third-order valence-corrected chi connectivity index (χ3v) is 1.74. The molecular weight excluding hydrogens is 206 g/mol. The van der Waals surface area contributed by atoms with Gasteiger partial charge in [-0.25, -0.2) is 9.18 Å². The van der Waals surface area contributed by atoms with Gasteiger partial charge in [0.1, 0.15) is 0 Å². The average Bonchev–Trinajstić information content (AvgIpc) is 2.20. The Bertz CT molecular complexity index is 396. The van der Waals surface area contributed by atoms with Gasteiger partial charge < -0.3 is 15.0 Å². The number of carbonyl (C=O) groups excluding carboxylic acids is 2. The molecule has 80 valence electrons. The topological polar surface area (TPSA) is 49.4 Å². The third-order valence-electron chi connectivity index (χ3n) is 1.74. The van der Waals surface area contributed by atoms with E-state index >= 15 is 0 Å². The molecule has 0 radical (unpaired) electrons. The predicted octanol–water partition coefficient (Wildman–Crippen LogP) is -1.62. The van der Waals surface area contributed by atoms with Crippen molar-refractivity contribution < 1.29 is 32.8 Å². The molecule has 1 rings (SSSR count). The maximum atomic E-state index is 12.7. The van der Waals surface area contributed by atoms with E-state index in [-0.39, 0.29) is 30.1 Å². The first kappa shape index (κ1) is 14.7. The van der Waals surface area contributed by atoms with Crippen molar-refractivity contribution >= 4 is 18.0 Å². The average molecular weight is 216 g/mol. The van der Waals surface area contributed by atoms with Crippen molar-refractivity contribution in [2.75, 3.05) is 19.4 Å². The van der Waals surface area contributed by atoms with Gasteiger partial charge in [-0.1, -0.05) is 11.8 Å². The molecule has 1 aromatic rings. The molecule has 0 fully saturated rings. The van der Waals surface area contributed by atoms with Crippen LogP contribution in [0.4, 0.5) is 14.9 Å². The smallest absolute Gasteiger partial charge is 0.376 e. The summed E-state index contributed by atoms with van der Waals surface area (Å²) in [5.41, 5.74) is 0.232. The Morgan fingerprint density at radius 1 is 1.44 bits per heavy atom. The molecule has 0 atom stereocenters. The minimum atomic E-state index is -0.545. The summed E-state index contributed by atoms with van der Waals surface area (Å²) in [6.07, 6.45) is 1.56. The third kappa shape index (κ3) is 3.68. The SMILES string of the molecule is CN(C)C(=O)Nc1ccc(F)cc1[C-]=O.[Li+]. The number of halogens is 1. The van der Waals surface area contributed by atoms with E-state index in [0.717, 1.165) is 12.1 Å². The normalized spacial score (nSPS) is 8.94. The number of carbonyl (C=O) groups is 1. The number of benzene rings is 1. The summed E-state index contributed by atoms with van der Waals surface area (Å²) in [6.45, 7) is 0. The molecule has 0 saturated heterocycles. The Morgan fingerprint density at radius 2 is 2.06 bits per heavy atom. The van der Waals surface area contributed by atoms with Gasteiger partial charge in [-0.3, -0.25) is 0 Å². The first-order valence-electron chi connectivity index (χ1n) is 4.20. The molecule has 0 bridgehead atoms. The van der Waals surface area contributed by atoms with E-state index < -0.39 is 11.8 Å². The van der Waals surface area contributed by atoms with Crippen LogP contribution in [-0.4, -0.2) is 31.3 Å². The second-order valence-electron chi connectivity index (χ2n) is 3.12. The first-order valence-corrected chi connectivity index (χ1v) is 4.20. The number of nitrogens with zero attached hydrogens (tertiary/aromatic N) is 1. The summed E-state index contributed by atoms with van der Waals surface area (Å²) in [5.74, 6) is -0.545. The van der Waals surface area contributed by atoms with Crippen molar-refractivity contribution in [3.8, 4) is 0 Å². The van der Waals surface area contributed by atoms with E-state index in [1.54, 1.807) is 20.4 Å². The number of urea groups is 1. The summed E-state index contributed by atoms with van der Waals surface area (Å²) in [7, 11) is 3.12. The van der Waals surface area contributed by atoms with E-state index in [1.165, 1.54) is 11.0 Å². The molecule has 0 aromatic heterocycles. The fourth-order valence-corrected chi connectivity index (χ4v) is 0.937. The Morgan fingerprint density at radius 3 is 2.56 bits per heavy atom. The summed E-state index contributed by atoms with van der Waals surface area (Å²) in [4.78, 5) is 23.0. The van der Waals surface area contributed by atoms with Crippen LogP contribution in [0.5, 0.6) is 0 Å². The van der Waals surface area contributed by atoms with Crippen LogP contribution in [0, 0.1) is 5.82 Å². The van der Waals surface area contributed by atoms with Crippen LogP contribution in [-0.2, 0) is 4.79 Å².